The van der Waals surface area contributed by atoms with Crippen LogP contribution in [0.4, 0.5) is 10.5 Å². The average Bonchev–Trinajstić information content (AvgIpc) is 3.77. The Balaban J connectivity index is 1.48. The Morgan fingerprint density at radius 1 is 0.771 bits per heavy atom. The van der Waals surface area contributed by atoms with Crippen LogP contribution in [0, 0.1) is 28.6 Å². The number of carbonyl (C=O) groups excluding carboxylic acids is 10. The highest BCUT2D eigenvalue weighted by Crippen LogP contribution is 2.35. The fourth-order valence-electron chi connectivity index (χ4n) is 8.03. The van der Waals surface area contributed by atoms with Crippen molar-refractivity contribution in [3.8, 4) is 0 Å². The van der Waals surface area contributed by atoms with Gasteiger partial charge in [0, 0.05) is 76.4 Å². The molecule has 2 heterocycles. The summed E-state index contributed by atoms with van der Waals surface area (Å²) in [7, 11) is 0. The Morgan fingerprint density at radius 2 is 1.39 bits per heavy atom. The smallest absolute Gasteiger partial charge is 0.312 e. The number of hydrogen-bond donors (Lipinski definition) is 5. The van der Waals surface area contributed by atoms with Gasteiger partial charge in [0.25, 0.3) is 0 Å². The molecule has 382 valence electrons. The summed E-state index contributed by atoms with van der Waals surface area (Å²) in [4.78, 5) is 135. The molecule has 0 aromatic heterocycles. The molecule has 0 spiro atoms. The standard InChI is InChI=1S/C51H72N8O11/c1-9-51(7,8)48(68)70-31-34-17-19-35(20-18-34)54-44(64)38(16-13-23-53-49(52)69)56-45(65)39(28-33-14-11-10-12-15-33)55-40(60)21-22-41(61)57(24-26-58-42(62)29-36(32(2)3)46(58)66)25-27-59-43(63)30-37(47(59)67)50(4,5)6/h10-12,14-15,17-20,32,36-39H,9,13,16,21-31H2,1-8H3,(H,54,64)(H,55,60)(H,56,65)(H3,52,53,69)/t36?,37?,38-,39-/m0/s1. The van der Waals surface area contributed by atoms with E-state index >= 15 is 0 Å². The molecule has 2 aromatic carbocycles. The quantitative estimate of drug-likeness (QED) is 0.0543. The maximum absolute atomic E-state index is 14.1. The highest BCUT2D eigenvalue weighted by atomic mass is 16.5. The number of imide groups is 2. The lowest BCUT2D eigenvalue weighted by atomic mass is 9.80. The van der Waals surface area contributed by atoms with Crippen LogP contribution in [0.25, 0.3) is 0 Å². The van der Waals surface area contributed by atoms with Gasteiger partial charge in [-0.15, -0.1) is 0 Å². The second kappa shape index (κ2) is 25.3. The minimum absolute atomic E-state index is 0.0141. The molecule has 10 amide bonds. The maximum atomic E-state index is 14.1. The first-order valence-electron chi connectivity index (χ1n) is 24.1. The predicted molar refractivity (Wildman–Crippen MR) is 260 cm³/mol. The molecule has 2 unspecified atom stereocenters. The predicted octanol–water partition coefficient (Wildman–Crippen LogP) is 3.83. The molecule has 4 rings (SSSR count). The molecule has 4 atom stereocenters. The van der Waals surface area contributed by atoms with Gasteiger partial charge in [-0.25, -0.2) is 4.79 Å². The van der Waals surface area contributed by atoms with Crippen LogP contribution in [0.3, 0.4) is 0 Å². The van der Waals surface area contributed by atoms with E-state index in [1.165, 1.54) is 4.90 Å². The van der Waals surface area contributed by atoms with Crippen LogP contribution in [0.15, 0.2) is 54.6 Å². The zero-order valence-electron chi connectivity index (χ0n) is 41.9. The van der Waals surface area contributed by atoms with Crippen LogP contribution in [0.5, 0.6) is 0 Å². The van der Waals surface area contributed by atoms with Crippen molar-refractivity contribution in [1.29, 1.82) is 0 Å². The number of benzene rings is 2. The minimum Gasteiger partial charge on any atom is -0.460 e. The highest BCUT2D eigenvalue weighted by molar-refractivity contribution is 6.04. The van der Waals surface area contributed by atoms with Crippen molar-refractivity contribution >= 4 is 64.9 Å². The Kier molecular flexibility index (Phi) is 20.2. The van der Waals surface area contributed by atoms with E-state index in [1.54, 1.807) is 68.4 Å². The first kappa shape index (κ1) is 55.9. The Bertz CT molecular complexity index is 2220. The van der Waals surface area contributed by atoms with Crippen LogP contribution >= 0.6 is 0 Å². The summed E-state index contributed by atoms with van der Waals surface area (Å²) >= 11 is 0. The fraction of sp³-hybridized carbons (Fsp3) is 0.569. The number of nitrogens with one attached hydrogen (secondary N) is 4. The van der Waals surface area contributed by atoms with Crippen LogP contribution < -0.4 is 27.0 Å². The number of carbonyl (C=O) groups is 10. The SMILES string of the molecule is CCC(C)(C)C(=O)OCc1ccc(NC(=O)[C@H](CCCNC(N)=O)NC(=O)[C@H](Cc2ccccc2)NC(=O)CCC(=O)N(CCN2C(=O)CC(C(C)C)C2=O)CCN2C(=O)CC(C(C)(C)C)C2=O)cc1. The van der Waals surface area contributed by atoms with Crippen molar-refractivity contribution < 1.29 is 52.7 Å². The van der Waals surface area contributed by atoms with Crippen molar-refractivity contribution in [2.45, 2.75) is 125 Å². The zero-order chi connectivity index (χ0) is 51.9. The number of urea groups is 1. The summed E-state index contributed by atoms with van der Waals surface area (Å²) in [5, 5.41) is 10.7. The van der Waals surface area contributed by atoms with E-state index < -0.39 is 64.4 Å². The van der Waals surface area contributed by atoms with E-state index in [4.69, 9.17) is 10.5 Å². The van der Waals surface area contributed by atoms with Gasteiger partial charge in [-0.1, -0.05) is 84.0 Å². The summed E-state index contributed by atoms with van der Waals surface area (Å²) in [5.74, 6) is -5.34. The summed E-state index contributed by atoms with van der Waals surface area (Å²) < 4.78 is 5.47. The first-order valence-corrected chi connectivity index (χ1v) is 24.1. The summed E-state index contributed by atoms with van der Waals surface area (Å²) in [6.45, 7) is 14.5. The van der Waals surface area contributed by atoms with E-state index in [0.717, 1.165) is 9.80 Å². The number of primary amides is 1. The monoisotopic (exact) mass is 973 g/mol. The van der Waals surface area contributed by atoms with E-state index in [0.29, 0.717) is 23.2 Å². The topological polar surface area (TPSA) is 264 Å². The second-order valence-electron chi connectivity index (χ2n) is 20.1. The number of esters is 1. The number of nitrogens with two attached hydrogens (primary N) is 1. The van der Waals surface area contributed by atoms with Crippen molar-refractivity contribution in [1.82, 2.24) is 30.7 Å². The van der Waals surface area contributed by atoms with Crippen molar-refractivity contribution in [2.24, 2.45) is 34.3 Å². The van der Waals surface area contributed by atoms with Crippen molar-refractivity contribution in [3.63, 3.8) is 0 Å². The molecule has 2 aliphatic rings. The Labute approximate surface area is 410 Å². The molecule has 0 bridgehead atoms. The van der Waals surface area contributed by atoms with E-state index in [-0.39, 0.29) is 120 Å². The van der Waals surface area contributed by atoms with Crippen molar-refractivity contribution in [2.75, 3.05) is 38.0 Å². The van der Waals surface area contributed by atoms with E-state index in [9.17, 15) is 47.9 Å². The number of rotatable bonds is 25. The van der Waals surface area contributed by atoms with Gasteiger partial charge in [0.2, 0.25) is 47.3 Å². The van der Waals surface area contributed by atoms with Gasteiger partial charge in [-0.2, -0.15) is 0 Å². The largest absolute Gasteiger partial charge is 0.460 e. The normalized spacial score (nSPS) is 17.0. The molecule has 2 aromatic rings. The fourth-order valence-corrected chi connectivity index (χ4v) is 8.03. The number of likely N-dealkylation sites (tertiary alicyclic amines) is 2. The molecule has 0 saturated carbocycles. The molecule has 70 heavy (non-hydrogen) atoms. The van der Waals surface area contributed by atoms with Gasteiger partial charge in [0.05, 0.1) is 11.3 Å². The van der Waals surface area contributed by atoms with Crippen molar-refractivity contribution in [3.05, 3.63) is 65.7 Å². The van der Waals surface area contributed by atoms with E-state index in [1.807, 2.05) is 41.5 Å². The molecule has 6 N–H and O–H groups in total. The molecule has 19 nitrogen and oxygen atoms in total. The number of nitrogens with zero attached hydrogens (tertiary/aromatic N) is 3. The molecular weight excluding hydrogens is 901 g/mol. The number of hydrogen-bond acceptors (Lipinski definition) is 11. The summed E-state index contributed by atoms with van der Waals surface area (Å²) in [6, 6.07) is 12.4. The van der Waals surface area contributed by atoms with Crippen LogP contribution in [-0.4, -0.2) is 119 Å². The lowest BCUT2D eigenvalue weighted by molar-refractivity contribution is -0.155. The van der Waals surface area contributed by atoms with Crippen LogP contribution in [0.2, 0.25) is 0 Å². The third-order valence-corrected chi connectivity index (χ3v) is 13.0. The van der Waals surface area contributed by atoms with Gasteiger partial charge in [0.15, 0.2) is 0 Å². The molecule has 0 aliphatic carbocycles. The Hall–Kier alpha value is -6.66. The lowest BCUT2D eigenvalue weighted by Crippen LogP contribution is -2.53. The average molecular weight is 973 g/mol. The summed E-state index contributed by atoms with van der Waals surface area (Å²) in [6.07, 6.45) is 0.274. The van der Waals surface area contributed by atoms with Gasteiger partial charge < -0.3 is 36.6 Å². The van der Waals surface area contributed by atoms with Gasteiger partial charge in [-0.05, 0) is 67.7 Å². The van der Waals surface area contributed by atoms with Gasteiger partial charge in [-0.3, -0.25) is 53.0 Å². The molecule has 2 aliphatic heterocycles. The van der Waals surface area contributed by atoms with Crippen LogP contribution in [-0.2, 0) is 60.9 Å². The van der Waals surface area contributed by atoms with Gasteiger partial charge >= 0.3 is 12.0 Å². The number of anilines is 1. The number of ether oxygens (including phenoxy) is 1. The lowest BCUT2D eigenvalue weighted by Gasteiger charge is -2.28. The Morgan fingerprint density at radius 3 is 1.94 bits per heavy atom. The van der Waals surface area contributed by atoms with E-state index in [2.05, 4.69) is 21.3 Å². The number of amides is 10. The van der Waals surface area contributed by atoms with Gasteiger partial charge in [0.1, 0.15) is 18.7 Å². The minimum atomic E-state index is -1.22. The molecule has 2 fully saturated rings. The molecule has 2 saturated heterocycles. The third kappa shape index (κ3) is 16.2. The summed E-state index contributed by atoms with van der Waals surface area (Å²) in [5.41, 5.74) is 5.90. The highest BCUT2D eigenvalue weighted by Gasteiger charge is 2.45. The maximum Gasteiger partial charge on any atom is 0.312 e. The first-order chi connectivity index (χ1) is 32.9. The zero-order valence-corrected chi connectivity index (χ0v) is 41.9. The molecule has 19 heteroatoms. The molecular formula is C51H72N8O11. The molecule has 0 radical (unpaired) electrons. The van der Waals surface area contributed by atoms with Crippen LogP contribution in [0.1, 0.15) is 111 Å². The third-order valence-electron chi connectivity index (χ3n) is 13.0. The second-order valence-corrected chi connectivity index (χ2v) is 20.1.